The van der Waals surface area contributed by atoms with Crippen molar-refractivity contribution in [1.29, 1.82) is 0 Å². The maximum Gasteiger partial charge on any atom is 0.238 e. The fourth-order valence-corrected chi connectivity index (χ4v) is 8.16. The lowest BCUT2D eigenvalue weighted by Gasteiger charge is -2.10. The van der Waals surface area contributed by atoms with Crippen LogP contribution in [0.15, 0.2) is 131 Å². The Balaban J connectivity index is 0.000000158. The zero-order valence-electron chi connectivity index (χ0n) is 29.2. The molecular formula is C42H36BrN7O2S. The summed E-state index contributed by atoms with van der Waals surface area (Å²) < 4.78 is 28.6. The monoisotopic (exact) mass is 781 g/mol. The number of nitrogens with zero attached hydrogens (tertiary/aromatic N) is 6. The van der Waals surface area contributed by atoms with Crippen LogP contribution in [-0.2, 0) is 20.9 Å². The molecule has 4 aromatic heterocycles. The van der Waals surface area contributed by atoms with Gasteiger partial charge in [-0.2, -0.15) is 10.2 Å². The number of sulfonamides is 1. The summed E-state index contributed by atoms with van der Waals surface area (Å²) in [5.41, 5.74) is 11.2. The van der Waals surface area contributed by atoms with E-state index in [1.165, 1.54) is 42.4 Å². The van der Waals surface area contributed by atoms with E-state index in [9.17, 15) is 8.42 Å². The molecule has 0 amide bonds. The van der Waals surface area contributed by atoms with Gasteiger partial charge < -0.3 is 0 Å². The topological polar surface area (TPSA) is 121 Å². The summed E-state index contributed by atoms with van der Waals surface area (Å²) in [6.07, 6.45) is 16.4. The van der Waals surface area contributed by atoms with E-state index in [-0.39, 0.29) is 4.90 Å². The second-order valence-electron chi connectivity index (χ2n) is 14.8. The second kappa shape index (κ2) is 12.4. The van der Waals surface area contributed by atoms with Crippen molar-refractivity contribution in [3.05, 3.63) is 138 Å². The second-order valence-corrected chi connectivity index (χ2v) is 17.1. The van der Waals surface area contributed by atoms with Gasteiger partial charge in [-0.1, -0.05) is 92.7 Å². The van der Waals surface area contributed by atoms with Crippen LogP contribution in [0.1, 0.15) is 50.7 Å². The van der Waals surface area contributed by atoms with Crippen LogP contribution in [-0.4, -0.2) is 37.6 Å². The van der Waals surface area contributed by atoms with E-state index in [4.69, 9.17) is 10.1 Å². The summed E-state index contributed by atoms with van der Waals surface area (Å²) in [5.74, 6) is 0. The van der Waals surface area contributed by atoms with Crippen LogP contribution in [0.2, 0.25) is 0 Å². The number of rotatable bonds is 6. The average molecular weight is 783 g/mol. The fourth-order valence-electron chi connectivity index (χ4n) is 7.05. The number of benzene rings is 4. The van der Waals surface area contributed by atoms with Gasteiger partial charge in [-0.3, -0.25) is 0 Å². The van der Waals surface area contributed by atoms with Gasteiger partial charge in [0.05, 0.1) is 21.8 Å². The van der Waals surface area contributed by atoms with Crippen molar-refractivity contribution in [1.82, 2.24) is 29.2 Å². The Labute approximate surface area is 315 Å². The number of nitrogens with two attached hydrogens (primary N) is 1. The maximum absolute atomic E-state index is 12.1. The zero-order chi connectivity index (χ0) is 36.5. The first-order valence-corrected chi connectivity index (χ1v) is 19.9. The fraction of sp³-hybridized carbons (Fsp3) is 0.190. The van der Waals surface area contributed by atoms with Gasteiger partial charge in [0.2, 0.25) is 10.0 Å². The quantitative estimate of drug-likeness (QED) is 0.180. The number of halogens is 1. The van der Waals surface area contributed by atoms with Gasteiger partial charge in [0.25, 0.3) is 0 Å². The lowest BCUT2D eigenvalue weighted by atomic mass is 9.96. The summed E-state index contributed by atoms with van der Waals surface area (Å²) in [7, 11) is -3.84. The Kier molecular flexibility index (Phi) is 7.88. The Morgan fingerprint density at radius 2 is 1.11 bits per heavy atom. The van der Waals surface area contributed by atoms with E-state index in [1.54, 1.807) is 45.7 Å². The molecule has 2 saturated carbocycles. The molecule has 0 bridgehead atoms. The van der Waals surface area contributed by atoms with Gasteiger partial charge in [0.15, 0.2) is 11.3 Å². The minimum absolute atomic E-state index is 0.108. The highest BCUT2D eigenvalue weighted by Gasteiger charge is 2.39. The number of hydrogen-bond acceptors (Lipinski definition) is 6. The molecule has 2 aliphatic carbocycles. The van der Waals surface area contributed by atoms with E-state index >= 15 is 0 Å². The van der Waals surface area contributed by atoms with Crippen molar-refractivity contribution < 1.29 is 8.42 Å². The van der Waals surface area contributed by atoms with Crippen LogP contribution in [0, 0.1) is 0 Å². The molecule has 8 aromatic rings. The highest BCUT2D eigenvalue weighted by atomic mass is 79.9. The standard InChI is InChI=1S/C26H22N4O2S.C16H14BrN3/c1-26(12-13-26)19-8-6-17(7-9-19)18-14-28-25-23(15-29-30(25)16-18)21-10-11-24(33(27,31)32)22-5-3-2-4-20(21)22;1-16(6-7-16)13-4-2-11(3-5-13)12-8-18-15-14(17)9-19-20(15)10-12/h2-11,14-16H,12-13H2,1H3,(H2,27,31,32);2-5,8-10H,6-7H2,1H3. The van der Waals surface area contributed by atoms with Gasteiger partial charge >= 0.3 is 0 Å². The molecule has 10 rings (SSSR count). The van der Waals surface area contributed by atoms with Gasteiger partial charge in [-0.25, -0.2) is 32.6 Å². The maximum atomic E-state index is 12.1. The van der Waals surface area contributed by atoms with Crippen molar-refractivity contribution >= 4 is 48.0 Å². The molecule has 53 heavy (non-hydrogen) atoms. The third-order valence-corrected chi connectivity index (χ3v) is 12.5. The predicted octanol–water partition coefficient (Wildman–Crippen LogP) is 9.13. The first kappa shape index (κ1) is 33.6. The van der Waals surface area contributed by atoms with Gasteiger partial charge in [-0.15, -0.1) is 0 Å². The van der Waals surface area contributed by atoms with Crippen LogP contribution in [0.4, 0.5) is 0 Å². The van der Waals surface area contributed by atoms with E-state index in [0.717, 1.165) is 43.3 Å². The molecule has 11 heteroatoms. The molecule has 4 aromatic carbocycles. The lowest BCUT2D eigenvalue weighted by Crippen LogP contribution is -2.12. The molecule has 0 radical (unpaired) electrons. The Bertz CT molecular complexity index is 2800. The highest BCUT2D eigenvalue weighted by Crippen LogP contribution is 2.48. The summed E-state index contributed by atoms with van der Waals surface area (Å²) in [6.45, 7) is 4.64. The van der Waals surface area contributed by atoms with Crippen LogP contribution >= 0.6 is 15.9 Å². The van der Waals surface area contributed by atoms with Crippen molar-refractivity contribution in [2.24, 2.45) is 5.14 Å². The SMILES string of the molecule is CC1(c2ccc(-c3cnc4c(-c5ccc(S(N)(=O)=O)c6ccccc56)cnn4c3)cc2)CC1.CC1(c2ccc(-c3cnc4c(Br)cnn4c3)cc2)CC1. The molecule has 0 spiro atoms. The first-order chi connectivity index (χ1) is 25.5. The molecular weight excluding hydrogens is 746 g/mol. The molecule has 0 unspecified atom stereocenters. The molecule has 0 aliphatic heterocycles. The molecule has 4 heterocycles. The lowest BCUT2D eigenvalue weighted by molar-refractivity contribution is 0.598. The normalized spacial score (nSPS) is 15.7. The molecule has 264 valence electrons. The average Bonchev–Trinajstić information content (AvgIpc) is 4.03. The molecule has 0 atom stereocenters. The first-order valence-electron chi connectivity index (χ1n) is 17.6. The zero-order valence-corrected chi connectivity index (χ0v) is 31.6. The predicted molar refractivity (Wildman–Crippen MR) is 212 cm³/mol. The summed E-state index contributed by atoms with van der Waals surface area (Å²) >= 11 is 3.44. The van der Waals surface area contributed by atoms with Crippen LogP contribution in [0.5, 0.6) is 0 Å². The number of primary sulfonamides is 1. The van der Waals surface area contributed by atoms with Crippen LogP contribution < -0.4 is 5.14 Å². The van der Waals surface area contributed by atoms with Gasteiger partial charge in [-0.05, 0) is 91.7 Å². The Morgan fingerprint density at radius 3 is 1.66 bits per heavy atom. The number of fused-ring (bicyclic) bond motifs is 3. The third kappa shape index (κ3) is 6.22. The van der Waals surface area contributed by atoms with Crippen molar-refractivity contribution in [2.75, 3.05) is 0 Å². The summed E-state index contributed by atoms with van der Waals surface area (Å²) in [4.78, 5) is 9.28. The van der Waals surface area contributed by atoms with Crippen LogP contribution in [0.3, 0.4) is 0 Å². The van der Waals surface area contributed by atoms with Crippen molar-refractivity contribution in [3.63, 3.8) is 0 Å². The number of aromatic nitrogens is 6. The number of hydrogen-bond donors (Lipinski definition) is 1. The van der Waals surface area contributed by atoms with E-state index in [0.29, 0.717) is 21.9 Å². The van der Waals surface area contributed by atoms with Crippen LogP contribution in [0.25, 0.3) is 55.4 Å². The van der Waals surface area contributed by atoms with E-state index in [1.807, 2.05) is 36.9 Å². The molecule has 2 N–H and O–H groups in total. The summed E-state index contributed by atoms with van der Waals surface area (Å²) in [6, 6.07) is 28.2. The van der Waals surface area contributed by atoms with E-state index < -0.39 is 10.0 Å². The smallest absolute Gasteiger partial charge is 0.236 e. The minimum Gasteiger partial charge on any atom is -0.236 e. The third-order valence-electron chi connectivity index (χ3n) is 11.0. The minimum atomic E-state index is -3.84. The molecule has 9 nitrogen and oxygen atoms in total. The van der Waals surface area contributed by atoms with Gasteiger partial charge in [0, 0.05) is 46.9 Å². The molecule has 2 fully saturated rings. The van der Waals surface area contributed by atoms with Crippen molar-refractivity contribution in [3.8, 4) is 33.4 Å². The highest BCUT2D eigenvalue weighted by molar-refractivity contribution is 9.10. The largest absolute Gasteiger partial charge is 0.238 e. The Morgan fingerprint density at radius 1 is 0.604 bits per heavy atom. The van der Waals surface area contributed by atoms with Gasteiger partial charge in [0.1, 0.15) is 0 Å². The Hall–Kier alpha value is -5.23. The summed E-state index contributed by atoms with van der Waals surface area (Å²) in [5, 5.41) is 15.6. The van der Waals surface area contributed by atoms with Crippen molar-refractivity contribution in [2.45, 2.75) is 55.3 Å². The molecule has 0 saturated heterocycles. The molecule has 2 aliphatic rings. The van der Waals surface area contributed by atoms with E-state index in [2.05, 4.69) is 93.5 Å².